The first kappa shape index (κ1) is 26.8. The lowest BCUT2D eigenvalue weighted by Gasteiger charge is -2.35. The third-order valence-electron chi connectivity index (χ3n) is 6.12. The van der Waals surface area contributed by atoms with Gasteiger partial charge in [0, 0.05) is 48.2 Å². The van der Waals surface area contributed by atoms with Crippen LogP contribution in [-0.2, 0) is 6.18 Å². The van der Waals surface area contributed by atoms with Crippen molar-refractivity contribution in [1.29, 1.82) is 0 Å². The van der Waals surface area contributed by atoms with Crippen molar-refractivity contribution in [3.63, 3.8) is 0 Å². The van der Waals surface area contributed by atoms with Crippen LogP contribution in [0.15, 0.2) is 72.8 Å². The molecule has 1 N–H and O–H groups in total. The van der Waals surface area contributed by atoms with E-state index in [9.17, 15) is 22.4 Å². The fourth-order valence-electron chi connectivity index (χ4n) is 4.21. The Morgan fingerprint density at radius 1 is 0.816 bits per heavy atom. The molecule has 1 aliphatic heterocycles. The van der Waals surface area contributed by atoms with Crippen LogP contribution in [0.2, 0.25) is 0 Å². The number of amides is 2. The number of hydrogen-bond donors (Lipinski definition) is 1. The number of aromatic nitrogens is 2. The van der Waals surface area contributed by atoms with Crippen LogP contribution in [0.4, 0.5) is 33.9 Å². The first-order valence-electron chi connectivity index (χ1n) is 12.3. The van der Waals surface area contributed by atoms with Crippen LogP contribution in [0.5, 0.6) is 0 Å². The van der Waals surface area contributed by atoms with Crippen molar-refractivity contribution in [1.82, 2.24) is 15.1 Å². The van der Waals surface area contributed by atoms with Crippen molar-refractivity contribution in [3.8, 4) is 11.3 Å². The maximum Gasteiger partial charge on any atom is 0.416 e. The number of anilines is 2. The number of halogens is 4. The van der Waals surface area contributed by atoms with E-state index in [0.29, 0.717) is 43.4 Å². The number of piperazine rings is 1. The summed E-state index contributed by atoms with van der Waals surface area (Å²) in [6.45, 7) is 5.83. The average Bonchev–Trinajstić information content (AvgIpc) is 2.94. The fourth-order valence-corrected chi connectivity index (χ4v) is 4.21. The van der Waals surface area contributed by atoms with Gasteiger partial charge in [0.25, 0.3) is 0 Å². The molecule has 6 nitrogen and oxygen atoms in total. The molecule has 38 heavy (non-hydrogen) atoms. The van der Waals surface area contributed by atoms with Crippen molar-refractivity contribution in [2.24, 2.45) is 0 Å². The van der Waals surface area contributed by atoms with E-state index in [0.717, 1.165) is 28.5 Å². The SMILES string of the molecule is CC.O=C(Nc1ccc(C(F)(F)F)cc1)N1CCN(c2nnc(-c3ccc(F)cc3)c3ccccc23)CC1. The molecule has 2 amide bonds. The summed E-state index contributed by atoms with van der Waals surface area (Å²) >= 11 is 0. The summed E-state index contributed by atoms with van der Waals surface area (Å²) in [5, 5.41) is 13.3. The summed E-state index contributed by atoms with van der Waals surface area (Å²) in [4.78, 5) is 16.3. The van der Waals surface area contributed by atoms with Crippen molar-refractivity contribution in [2.45, 2.75) is 20.0 Å². The average molecular weight is 526 g/mol. The standard InChI is InChI=1S/C26H21F4N5O.C2H6/c27-19-9-5-17(6-10-19)23-21-3-1-2-4-22(21)24(33-32-23)34-13-15-35(16-14-34)25(36)31-20-11-7-18(8-12-20)26(28,29)30;1-2/h1-12H,13-16H2,(H,31,36);1-2H3. The van der Waals surface area contributed by atoms with E-state index in [1.807, 2.05) is 43.0 Å². The predicted molar refractivity (Wildman–Crippen MR) is 141 cm³/mol. The quantitative estimate of drug-likeness (QED) is 0.298. The third kappa shape index (κ3) is 5.85. The largest absolute Gasteiger partial charge is 0.416 e. The summed E-state index contributed by atoms with van der Waals surface area (Å²) in [5.74, 6) is 0.368. The first-order chi connectivity index (χ1) is 18.3. The lowest BCUT2D eigenvalue weighted by molar-refractivity contribution is -0.137. The van der Waals surface area contributed by atoms with Crippen molar-refractivity contribution >= 4 is 28.3 Å². The minimum atomic E-state index is -4.43. The molecule has 5 rings (SSSR count). The Balaban J connectivity index is 0.00000164. The minimum absolute atomic E-state index is 0.295. The van der Waals surface area contributed by atoms with Crippen LogP contribution < -0.4 is 10.2 Å². The third-order valence-corrected chi connectivity index (χ3v) is 6.12. The number of urea groups is 1. The molecule has 0 bridgehead atoms. The molecular weight excluding hydrogens is 498 g/mol. The summed E-state index contributed by atoms with van der Waals surface area (Å²) in [5.41, 5.74) is 0.942. The number of alkyl halides is 3. The van der Waals surface area contributed by atoms with Gasteiger partial charge in [-0.3, -0.25) is 0 Å². The highest BCUT2D eigenvalue weighted by atomic mass is 19.4. The lowest BCUT2D eigenvalue weighted by atomic mass is 10.0. The van der Waals surface area contributed by atoms with Crippen LogP contribution in [0.25, 0.3) is 22.0 Å². The molecule has 198 valence electrons. The molecule has 0 unspecified atom stereocenters. The van der Waals surface area contributed by atoms with E-state index < -0.39 is 11.7 Å². The monoisotopic (exact) mass is 525 g/mol. The number of carbonyl (C=O) groups is 1. The van der Waals surface area contributed by atoms with Crippen LogP contribution >= 0.6 is 0 Å². The molecule has 2 heterocycles. The molecule has 0 atom stereocenters. The van der Waals surface area contributed by atoms with Gasteiger partial charge in [0.05, 0.1) is 5.56 Å². The Kier molecular flexibility index (Phi) is 8.09. The Bertz CT molecular complexity index is 1380. The minimum Gasteiger partial charge on any atom is -0.351 e. The molecular formula is C28H27F4N5O. The number of hydrogen-bond acceptors (Lipinski definition) is 4. The number of nitrogens with one attached hydrogen (secondary N) is 1. The number of rotatable bonds is 3. The summed E-state index contributed by atoms with van der Waals surface area (Å²) in [7, 11) is 0. The highest BCUT2D eigenvalue weighted by molar-refractivity contribution is 6.00. The second-order valence-corrected chi connectivity index (χ2v) is 8.40. The molecule has 1 aromatic heterocycles. The van der Waals surface area contributed by atoms with Gasteiger partial charge in [-0.2, -0.15) is 13.2 Å². The fraction of sp³-hybridized carbons (Fsp3) is 0.250. The predicted octanol–water partition coefficient (Wildman–Crippen LogP) is 6.84. The highest BCUT2D eigenvalue weighted by Gasteiger charge is 2.30. The molecule has 0 aliphatic carbocycles. The van der Waals surface area contributed by atoms with Crippen molar-refractivity contribution < 1.29 is 22.4 Å². The van der Waals surface area contributed by atoms with Crippen LogP contribution in [-0.4, -0.2) is 47.3 Å². The number of fused-ring (bicyclic) bond motifs is 1. The number of benzene rings is 3. The Morgan fingerprint density at radius 2 is 1.42 bits per heavy atom. The van der Waals surface area contributed by atoms with Crippen LogP contribution in [0, 0.1) is 5.82 Å². The summed E-state index contributed by atoms with van der Waals surface area (Å²) in [6.07, 6.45) is -4.43. The van der Waals surface area contributed by atoms with Crippen LogP contribution in [0.3, 0.4) is 0 Å². The van der Waals surface area contributed by atoms with E-state index in [2.05, 4.69) is 15.5 Å². The second-order valence-electron chi connectivity index (χ2n) is 8.40. The van der Waals surface area contributed by atoms with Gasteiger partial charge in [0.1, 0.15) is 11.5 Å². The van der Waals surface area contributed by atoms with E-state index in [1.165, 1.54) is 24.3 Å². The molecule has 3 aromatic carbocycles. The van der Waals surface area contributed by atoms with Gasteiger partial charge in [-0.15, -0.1) is 10.2 Å². The van der Waals surface area contributed by atoms with Gasteiger partial charge < -0.3 is 15.1 Å². The van der Waals surface area contributed by atoms with Gasteiger partial charge in [-0.25, -0.2) is 9.18 Å². The zero-order valence-electron chi connectivity index (χ0n) is 21.0. The van der Waals surface area contributed by atoms with Crippen LogP contribution in [0.1, 0.15) is 19.4 Å². The van der Waals surface area contributed by atoms with Gasteiger partial charge in [-0.1, -0.05) is 38.1 Å². The molecule has 1 saturated heterocycles. The normalized spacial score (nSPS) is 13.6. The van der Waals surface area contributed by atoms with E-state index >= 15 is 0 Å². The van der Waals surface area contributed by atoms with E-state index in [-0.39, 0.29) is 11.8 Å². The van der Waals surface area contributed by atoms with Crippen molar-refractivity contribution in [2.75, 3.05) is 36.4 Å². The van der Waals surface area contributed by atoms with Gasteiger partial charge >= 0.3 is 12.2 Å². The Labute approximate surface area is 217 Å². The molecule has 1 aliphatic rings. The molecule has 10 heteroatoms. The maximum atomic E-state index is 13.4. The number of nitrogens with zero attached hydrogens (tertiary/aromatic N) is 4. The zero-order chi connectivity index (χ0) is 27.3. The van der Waals surface area contributed by atoms with E-state index in [1.54, 1.807) is 17.0 Å². The molecule has 4 aromatic rings. The van der Waals surface area contributed by atoms with Gasteiger partial charge in [-0.05, 0) is 48.5 Å². The summed E-state index contributed by atoms with van der Waals surface area (Å²) < 4.78 is 51.6. The smallest absolute Gasteiger partial charge is 0.351 e. The topological polar surface area (TPSA) is 61.4 Å². The summed E-state index contributed by atoms with van der Waals surface area (Å²) in [6, 6.07) is 17.8. The molecule has 0 spiro atoms. The Hall–Kier alpha value is -4.21. The second kappa shape index (κ2) is 11.5. The highest BCUT2D eigenvalue weighted by Crippen LogP contribution is 2.32. The lowest BCUT2D eigenvalue weighted by Crippen LogP contribution is -2.50. The molecule has 0 saturated carbocycles. The van der Waals surface area contributed by atoms with Crippen molar-refractivity contribution in [3.05, 3.63) is 84.2 Å². The Morgan fingerprint density at radius 3 is 2.03 bits per heavy atom. The number of carbonyl (C=O) groups excluding carboxylic acids is 1. The zero-order valence-corrected chi connectivity index (χ0v) is 21.0. The maximum absolute atomic E-state index is 13.4. The molecule has 0 radical (unpaired) electrons. The van der Waals surface area contributed by atoms with E-state index in [4.69, 9.17) is 0 Å². The molecule has 1 fully saturated rings. The first-order valence-corrected chi connectivity index (χ1v) is 12.3. The van der Waals surface area contributed by atoms with Gasteiger partial charge in [0.15, 0.2) is 5.82 Å². The van der Waals surface area contributed by atoms with Gasteiger partial charge in [0.2, 0.25) is 0 Å².